The molecule has 1 fully saturated rings. The molecule has 3 aromatic carbocycles. The number of hydrogen-bond donors (Lipinski definition) is 1. The van der Waals surface area contributed by atoms with Crippen LogP contribution in [0.1, 0.15) is 43.7 Å². The van der Waals surface area contributed by atoms with Crippen LogP contribution < -0.4 is 14.4 Å². The monoisotopic (exact) mass is 581 g/mol. The van der Waals surface area contributed by atoms with E-state index in [-0.39, 0.29) is 34.8 Å². The van der Waals surface area contributed by atoms with Crippen molar-refractivity contribution in [1.29, 1.82) is 0 Å². The van der Waals surface area contributed by atoms with E-state index in [1.165, 1.54) is 48.4 Å². The minimum atomic E-state index is -4.22. The lowest BCUT2D eigenvalue weighted by molar-refractivity contribution is -0.139. The molecule has 41 heavy (non-hydrogen) atoms. The summed E-state index contributed by atoms with van der Waals surface area (Å²) in [7, 11) is -2.80. The number of hydrogen-bond acceptors (Lipinski definition) is 5. The van der Waals surface area contributed by atoms with Gasteiger partial charge in [0.25, 0.3) is 10.0 Å². The first-order valence-corrected chi connectivity index (χ1v) is 15.1. The van der Waals surface area contributed by atoms with E-state index in [0.29, 0.717) is 5.56 Å². The summed E-state index contributed by atoms with van der Waals surface area (Å²) in [6.45, 7) is 2.87. The van der Waals surface area contributed by atoms with E-state index in [1.54, 1.807) is 43.3 Å². The van der Waals surface area contributed by atoms with E-state index >= 15 is 0 Å². The van der Waals surface area contributed by atoms with Crippen molar-refractivity contribution in [1.82, 2.24) is 10.2 Å². The number of ether oxygens (including phenoxy) is 1. The summed E-state index contributed by atoms with van der Waals surface area (Å²) in [5.74, 6) is -1.07. The molecule has 1 aliphatic rings. The van der Waals surface area contributed by atoms with E-state index in [0.717, 1.165) is 35.6 Å². The highest BCUT2D eigenvalue weighted by molar-refractivity contribution is 7.92. The zero-order valence-corrected chi connectivity index (χ0v) is 24.4. The Balaban J connectivity index is 1.71. The number of benzene rings is 3. The summed E-state index contributed by atoms with van der Waals surface area (Å²) in [6.07, 6.45) is 3.81. The standard InChI is InChI=1S/C31H36FN3O5S/c1-22-12-18-27(19-13-22)41(38,39)35(28-10-6-7-11-29(28)40-3)21-30(36)34(20-24-14-16-25(32)17-15-24)23(2)31(37)33-26-8-4-5-9-26/h6-7,10-19,23,26H,4-5,8-9,20-21H2,1-3H3,(H,33,37)/t23-/m1/s1. The van der Waals surface area contributed by atoms with Crippen molar-refractivity contribution in [3.8, 4) is 5.75 Å². The van der Waals surface area contributed by atoms with Gasteiger partial charge >= 0.3 is 0 Å². The molecule has 0 aliphatic heterocycles. The SMILES string of the molecule is COc1ccccc1N(CC(=O)N(Cc1ccc(F)cc1)[C@H](C)C(=O)NC1CCCC1)S(=O)(=O)c1ccc(C)cc1. The Bertz CT molecular complexity index is 1460. The van der Waals surface area contributed by atoms with Crippen LogP contribution in [0.4, 0.5) is 10.1 Å². The summed E-state index contributed by atoms with van der Waals surface area (Å²) in [5, 5.41) is 3.03. The molecule has 0 spiro atoms. The summed E-state index contributed by atoms with van der Waals surface area (Å²) < 4.78 is 48.0. The predicted octanol–water partition coefficient (Wildman–Crippen LogP) is 4.81. The van der Waals surface area contributed by atoms with Crippen LogP contribution >= 0.6 is 0 Å². The zero-order valence-electron chi connectivity index (χ0n) is 23.5. The van der Waals surface area contributed by atoms with Crippen LogP contribution in [0, 0.1) is 12.7 Å². The third-order valence-electron chi connectivity index (χ3n) is 7.38. The van der Waals surface area contributed by atoms with E-state index in [9.17, 15) is 22.4 Å². The fraction of sp³-hybridized carbons (Fsp3) is 0.355. The van der Waals surface area contributed by atoms with Gasteiger partial charge in [0, 0.05) is 12.6 Å². The Labute approximate surface area is 241 Å². The molecule has 3 aromatic rings. The number of halogens is 1. The Morgan fingerprint density at radius 3 is 2.27 bits per heavy atom. The Morgan fingerprint density at radius 2 is 1.63 bits per heavy atom. The maximum absolute atomic E-state index is 14.0. The van der Waals surface area contributed by atoms with Gasteiger partial charge in [0.1, 0.15) is 24.2 Å². The molecule has 8 nitrogen and oxygen atoms in total. The molecular weight excluding hydrogens is 545 g/mol. The molecule has 0 saturated heterocycles. The number of aryl methyl sites for hydroxylation is 1. The van der Waals surface area contributed by atoms with Crippen LogP contribution in [0.2, 0.25) is 0 Å². The van der Waals surface area contributed by atoms with Crippen molar-refractivity contribution in [3.63, 3.8) is 0 Å². The fourth-order valence-electron chi connectivity index (χ4n) is 4.95. The Kier molecular flexibility index (Phi) is 9.65. The van der Waals surface area contributed by atoms with Crippen molar-refractivity contribution in [2.45, 2.75) is 63.1 Å². The number of carbonyl (C=O) groups is 2. The van der Waals surface area contributed by atoms with Crippen molar-refractivity contribution in [2.75, 3.05) is 18.0 Å². The average molecular weight is 582 g/mol. The third-order valence-corrected chi connectivity index (χ3v) is 9.15. The molecule has 0 radical (unpaired) electrons. The van der Waals surface area contributed by atoms with E-state index in [4.69, 9.17) is 4.74 Å². The van der Waals surface area contributed by atoms with E-state index in [2.05, 4.69) is 5.32 Å². The number of sulfonamides is 1. The first-order chi connectivity index (χ1) is 19.6. The quantitative estimate of drug-likeness (QED) is 0.351. The molecule has 0 aromatic heterocycles. The highest BCUT2D eigenvalue weighted by Gasteiger charge is 2.34. The minimum Gasteiger partial charge on any atom is -0.495 e. The van der Waals surface area contributed by atoms with Gasteiger partial charge in [-0.2, -0.15) is 0 Å². The van der Waals surface area contributed by atoms with E-state index < -0.39 is 34.3 Å². The van der Waals surface area contributed by atoms with Crippen LogP contribution in [-0.4, -0.2) is 50.9 Å². The molecule has 1 N–H and O–H groups in total. The predicted molar refractivity (Wildman–Crippen MR) is 156 cm³/mol. The molecule has 218 valence electrons. The molecule has 1 atom stereocenters. The maximum atomic E-state index is 14.0. The Hall–Kier alpha value is -3.92. The van der Waals surface area contributed by atoms with Crippen molar-refractivity contribution in [3.05, 3.63) is 89.7 Å². The highest BCUT2D eigenvalue weighted by Crippen LogP contribution is 2.32. The molecule has 0 bridgehead atoms. The van der Waals surface area contributed by atoms with Gasteiger partial charge in [0.05, 0.1) is 17.7 Å². The summed E-state index contributed by atoms with van der Waals surface area (Å²) in [6, 6.07) is 17.7. The summed E-state index contributed by atoms with van der Waals surface area (Å²) in [5.41, 5.74) is 1.68. The molecule has 10 heteroatoms. The van der Waals surface area contributed by atoms with Crippen molar-refractivity contribution < 1.29 is 27.1 Å². The Morgan fingerprint density at radius 1 is 1.00 bits per heavy atom. The van der Waals surface area contributed by atoms with Crippen LogP contribution in [0.5, 0.6) is 5.75 Å². The molecule has 0 unspecified atom stereocenters. The minimum absolute atomic E-state index is 0.0112. The number of methoxy groups -OCH3 is 1. The molecule has 1 aliphatic carbocycles. The van der Waals surface area contributed by atoms with Crippen molar-refractivity contribution in [2.24, 2.45) is 0 Å². The molecule has 2 amide bonds. The summed E-state index contributed by atoms with van der Waals surface area (Å²) >= 11 is 0. The van der Waals surface area contributed by atoms with Crippen LogP contribution in [0.25, 0.3) is 0 Å². The van der Waals surface area contributed by atoms with Gasteiger partial charge in [0.2, 0.25) is 11.8 Å². The third kappa shape index (κ3) is 7.24. The van der Waals surface area contributed by atoms with Gasteiger partial charge in [-0.15, -0.1) is 0 Å². The van der Waals surface area contributed by atoms with Crippen LogP contribution in [-0.2, 0) is 26.2 Å². The molecule has 1 saturated carbocycles. The first-order valence-electron chi connectivity index (χ1n) is 13.7. The lowest BCUT2D eigenvalue weighted by atomic mass is 10.1. The molecular formula is C31H36FN3O5S. The fourth-order valence-corrected chi connectivity index (χ4v) is 6.37. The van der Waals surface area contributed by atoms with Gasteiger partial charge in [0.15, 0.2) is 0 Å². The second kappa shape index (κ2) is 13.2. The molecule has 0 heterocycles. The number of carbonyl (C=O) groups excluding carboxylic acids is 2. The normalized spacial score (nSPS) is 14.3. The van der Waals surface area contributed by atoms with Crippen molar-refractivity contribution >= 4 is 27.5 Å². The number of nitrogens with zero attached hydrogens (tertiary/aromatic N) is 2. The highest BCUT2D eigenvalue weighted by atomic mass is 32.2. The van der Waals surface area contributed by atoms with Gasteiger partial charge in [-0.25, -0.2) is 12.8 Å². The first kappa shape index (κ1) is 30.0. The van der Waals surface area contributed by atoms with Crippen LogP contribution in [0.3, 0.4) is 0 Å². The smallest absolute Gasteiger partial charge is 0.264 e. The van der Waals surface area contributed by atoms with Gasteiger partial charge in [-0.3, -0.25) is 13.9 Å². The zero-order chi connectivity index (χ0) is 29.6. The van der Waals surface area contributed by atoms with Gasteiger partial charge < -0.3 is 15.0 Å². The number of amides is 2. The average Bonchev–Trinajstić information content (AvgIpc) is 3.48. The number of anilines is 1. The number of para-hydroxylation sites is 2. The second-order valence-corrected chi connectivity index (χ2v) is 12.2. The van der Waals surface area contributed by atoms with Gasteiger partial charge in [-0.1, -0.05) is 54.8 Å². The van der Waals surface area contributed by atoms with Crippen LogP contribution in [0.15, 0.2) is 77.7 Å². The maximum Gasteiger partial charge on any atom is 0.264 e. The lowest BCUT2D eigenvalue weighted by Crippen LogP contribution is -2.52. The largest absolute Gasteiger partial charge is 0.495 e. The lowest BCUT2D eigenvalue weighted by Gasteiger charge is -2.32. The van der Waals surface area contributed by atoms with E-state index in [1.807, 2.05) is 6.92 Å². The second-order valence-electron chi connectivity index (χ2n) is 10.3. The molecule has 4 rings (SSSR count). The topological polar surface area (TPSA) is 96.0 Å². The number of rotatable bonds is 11. The number of nitrogens with one attached hydrogen (secondary N) is 1. The van der Waals surface area contributed by atoms with Gasteiger partial charge in [-0.05, 0) is 68.7 Å². The summed E-state index contributed by atoms with van der Waals surface area (Å²) in [4.78, 5) is 28.7.